The Kier molecular flexibility index (Phi) is 1.57. The van der Waals surface area contributed by atoms with Crippen molar-refractivity contribution in [2.75, 3.05) is 6.54 Å². The van der Waals surface area contributed by atoms with Crippen LogP contribution in [0, 0.1) is 0 Å². The molecule has 0 N–H and O–H groups in total. The highest BCUT2D eigenvalue weighted by molar-refractivity contribution is 5.82. The summed E-state index contributed by atoms with van der Waals surface area (Å²) in [6, 6.07) is 1.93. The minimum Gasteiger partial charge on any atom is -0.318 e. The summed E-state index contributed by atoms with van der Waals surface area (Å²) in [7, 11) is 1.77. The summed E-state index contributed by atoms with van der Waals surface area (Å²) in [5, 5.41) is 0. The summed E-state index contributed by atoms with van der Waals surface area (Å²) in [5.74, 6) is 0. The molecule has 0 fully saturated rings. The van der Waals surface area contributed by atoms with Gasteiger partial charge in [-0.2, -0.15) is 0 Å². The quantitative estimate of drug-likeness (QED) is 0.542. The molecular formula is C9H10N2O. The molecule has 0 spiro atoms. The molecule has 0 unspecified atom stereocenters. The number of aromatic nitrogens is 1. The molecule has 3 nitrogen and oxygen atoms in total. The molecule has 2 heterocycles. The Labute approximate surface area is 70.4 Å². The van der Waals surface area contributed by atoms with Crippen LogP contribution in [-0.2, 0) is 13.5 Å². The van der Waals surface area contributed by atoms with Crippen LogP contribution >= 0.6 is 0 Å². The van der Waals surface area contributed by atoms with Crippen LogP contribution in [0.15, 0.2) is 22.1 Å². The van der Waals surface area contributed by atoms with Gasteiger partial charge >= 0.3 is 0 Å². The fourth-order valence-electron chi connectivity index (χ4n) is 1.41. The molecule has 0 aliphatic carbocycles. The van der Waals surface area contributed by atoms with E-state index in [1.807, 2.05) is 6.07 Å². The molecule has 0 radical (unpaired) electrons. The van der Waals surface area contributed by atoms with Crippen LogP contribution in [0.3, 0.4) is 0 Å². The fourth-order valence-corrected chi connectivity index (χ4v) is 1.41. The highest BCUT2D eigenvalue weighted by atomic mass is 16.1. The van der Waals surface area contributed by atoms with E-state index in [9.17, 15) is 4.79 Å². The highest BCUT2D eigenvalue weighted by Crippen LogP contribution is 2.05. The normalized spacial score (nSPS) is 14.4. The van der Waals surface area contributed by atoms with Crippen LogP contribution in [0.5, 0.6) is 0 Å². The topological polar surface area (TPSA) is 34.4 Å². The minimum absolute atomic E-state index is 0.110. The second-order valence-electron chi connectivity index (χ2n) is 2.95. The third kappa shape index (κ3) is 0.978. The molecule has 62 valence electrons. The predicted molar refractivity (Wildman–Crippen MR) is 47.8 cm³/mol. The monoisotopic (exact) mass is 162 g/mol. The standard InChI is InChI=1S/C9H10N2O/c1-11-5-3-7-6-10-4-2-8(7)9(11)12/h3,5-6H,2,4H2,1H3. The molecule has 1 aliphatic rings. The Morgan fingerprint density at radius 2 is 2.42 bits per heavy atom. The Morgan fingerprint density at radius 1 is 1.58 bits per heavy atom. The van der Waals surface area contributed by atoms with E-state index in [0.29, 0.717) is 0 Å². The SMILES string of the molecule is Cn1ccc2c(c1=O)CCN=C2. The first-order valence-corrected chi connectivity index (χ1v) is 3.97. The molecule has 1 aromatic rings. The molecule has 0 saturated heterocycles. The van der Waals surface area contributed by atoms with Crippen molar-refractivity contribution in [3.8, 4) is 0 Å². The Bertz CT molecular complexity index is 390. The van der Waals surface area contributed by atoms with Crippen LogP contribution in [0.4, 0.5) is 0 Å². The van der Waals surface area contributed by atoms with Crippen LogP contribution in [-0.4, -0.2) is 17.3 Å². The maximum absolute atomic E-state index is 11.5. The zero-order chi connectivity index (χ0) is 8.55. The Morgan fingerprint density at radius 3 is 3.25 bits per heavy atom. The van der Waals surface area contributed by atoms with Gasteiger partial charge in [-0.3, -0.25) is 9.79 Å². The molecule has 3 heteroatoms. The summed E-state index contributed by atoms with van der Waals surface area (Å²) < 4.78 is 1.61. The fraction of sp³-hybridized carbons (Fsp3) is 0.333. The second-order valence-corrected chi connectivity index (χ2v) is 2.95. The first kappa shape index (κ1) is 7.28. The summed E-state index contributed by atoms with van der Waals surface area (Å²) in [6.45, 7) is 0.742. The number of hydrogen-bond acceptors (Lipinski definition) is 2. The lowest BCUT2D eigenvalue weighted by Crippen LogP contribution is -2.24. The zero-order valence-electron chi connectivity index (χ0n) is 6.95. The van der Waals surface area contributed by atoms with Crippen molar-refractivity contribution in [2.24, 2.45) is 12.0 Å². The first-order chi connectivity index (χ1) is 5.79. The molecule has 1 aromatic heterocycles. The van der Waals surface area contributed by atoms with Gasteiger partial charge in [0.2, 0.25) is 0 Å². The van der Waals surface area contributed by atoms with Gasteiger partial charge in [-0.25, -0.2) is 0 Å². The average Bonchev–Trinajstić information content (AvgIpc) is 2.12. The van der Waals surface area contributed by atoms with E-state index in [4.69, 9.17) is 0 Å². The largest absolute Gasteiger partial charge is 0.318 e. The Balaban J connectivity index is 2.72. The number of hydrogen-bond donors (Lipinski definition) is 0. The average molecular weight is 162 g/mol. The maximum Gasteiger partial charge on any atom is 0.254 e. The van der Waals surface area contributed by atoms with Crippen molar-refractivity contribution in [2.45, 2.75) is 6.42 Å². The second kappa shape index (κ2) is 2.59. The number of aryl methyl sites for hydroxylation is 1. The molecular weight excluding hydrogens is 152 g/mol. The van der Waals surface area contributed by atoms with Gasteiger partial charge in [-0.05, 0) is 12.5 Å². The smallest absolute Gasteiger partial charge is 0.254 e. The third-order valence-electron chi connectivity index (χ3n) is 2.13. The summed E-state index contributed by atoms with van der Waals surface area (Å²) in [6.07, 6.45) is 4.33. The van der Waals surface area contributed by atoms with E-state index >= 15 is 0 Å². The summed E-state index contributed by atoms with van der Waals surface area (Å²) in [5.41, 5.74) is 1.98. The highest BCUT2D eigenvalue weighted by Gasteiger charge is 2.09. The third-order valence-corrected chi connectivity index (χ3v) is 2.13. The molecule has 0 bridgehead atoms. The van der Waals surface area contributed by atoms with Gasteiger partial charge in [0.05, 0.1) is 0 Å². The van der Waals surface area contributed by atoms with E-state index in [1.54, 1.807) is 24.0 Å². The molecule has 0 aromatic carbocycles. The lowest BCUT2D eigenvalue weighted by atomic mass is 10.1. The molecule has 12 heavy (non-hydrogen) atoms. The van der Waals surface area contributed by atoms with Crippen LogP contribution in [0.2, 0.25) is 0 Å². The van der Waals surface area contributed by atoms with Gasteiger partial charge in [-0.15, -0.1) is 0 Å². The van der Waals surface area contributed by atoms with Crippen molar-refractivity contribution in [1.82, 2.24) is 4.57 Å². The van der Waals surface area contributed by atoms with Gasteiger partial charge in [-0.1, -0.05) is 0 Å². The van der Waals surface area contributed by atoms with Crippen molar-refractivity contribution in [3.63, 3.8) is 0 Å². The van der Waals surface area contributed by atoms with E-state index < -0.39 is 0 Å². The summed E-state index contributed by atoms with van der Waals surface area (Å²) in [4.78, 5) is 15.6. The van der Waals surface area contributed by atoms with Crippen LogP contribution in [0.1, 0.15) is 11.1 Å². The summed E-state index contributed by atoms with van der Waals surface area (Å²) >= 11 is 0. The molecule has 0 atom stereocenters. The van der Waals surface area contributed by atoms with Gasteiger partial charge < -0.3 is 4.57 Å². The van der Waals surface area contributed by atoms with Gasteiger partial charge in [0.15, 0.2) is 0 Å². The molecule has 1 aliphatic heterocycles. The van der Waals surface area contributed by atoms with Crippen molar-refractivity contribution >= 4 is 6.21 Å². The molecule has 0 amide bonds. The van der Waals surface area contributed by atoms with Crippen LogP contribution in [0.25, 0.3) is 0 Å². The molecule has 0 saturated carbocycles. The van der Waals surface area contributed by atoms with Crippen LogP contribution < -0.4 is 5.56 Å². The number of fused-ring (bicyclic) bond motifs is 1. The van der Waals surface area contributed by atoms with E-state index in [2.05, 4.69) is 4.99 Å². The number of rotatable bonds is 0. The minimum atomic E-state index is 0.110. The zero-order valence-corrected chi connectivity index (χ0v) is 6.95. The van der Waals surface area contributed by atoms with Crippen molar-refractivity contribution < 1.29 is 0 Å². The van der Waals surface area contributed by atoms with Gasteiger partial charge in [0, 0.05) is 37.1 Å². The van der Waals surface area contributed by atoms with Gasteiger partial charge in [0.1, 0.15) is 0 Å². The molecule has 2 rings (SSSR count). The number of nitrogens with zero attached hydrogens (tertiary/aromatic N) is 2. The number of aliphatic imine (C=N–C) groups is 1. The lowest BCUT2D eigenvalue weighted by Gasteiger charge is -2.09. The van der Waals surface area contributed by atoms with Crippen molar-refractivity contribution in [3.05, 3.63) is 33.7 Å². The predicted octanol–water partition coefficient (Wildman–Crippen LogP) is 0.360. The van der Waals surface area contributed by atoms with Crippen molar-refractivity contribution in [1.29, 1.82) is 0 Å². The lowest BCUT2D eigenvalue weighted by molar-refractivity contribution is 0.815. The Hall–Kier alpha value is -1.38. The van der Waals surface area contributed by atoms with E-state index in [0.717, 1.165) is 24.1 Å². The van der Waals surface area contributed by atoms with Gasteiger partial charge in [0.25, 0.3) is 5.56 Å². The first-order valence-electron chi connectivity index (χ1n) is 3.97. The van der Waals surface area contributed by atoms with E-state index in [1.165, 1.54) is 0 Å². The van der Waals surface area contributed by atoms with E-state index in [-0.39, 0.29) is 5.56 Å². The number of pyridine rings is 1. The maximum atomic E-state index is 11.5.